The van der Waals surface area contributed by atoms with Crippen molar-refractivity contribution in [3.8, 4) is 10.4 Å². The molecule has 2 N–H and O–H groups in total. The molecule has 140 valence electrons. The van der Waals surface area contributed by atoms with Gasteiger partial charge < -0.3 is 0 Å². The number of benzene rings is 1. The van der Waals surface area contributed by atoms with Crippen molar-refractivity contribution in [2.24, 2.45) is 0 Å². The zero-order valence-electron chi connectivity index (χ0n) is 15.0. The summed E-state index contributed by atoms with van der Waals surface area (Å²) in [5.41, 5.74) is 7.53. The number of hydrazine groups is 1. The first-order chi connectivity index (χ1) is 12.9. The van der Waals surface area contributed by atoms with Gasteiger partial charge in [-0.25, -0.2) is 4.39 Å². The molecule has 0 fully saturated rings. The van der Waals surface area contributed by atoms with Crippen LogP contribution >= 0.6 is 11.3 Å². The lowest BCUT2D eigenvalue weighted by molar-refractivity contribution is -0.122. The van der Waals surface area contributed by atoms with E-state index in [9.17, 15) is 14.0 Å². The average Bonchev–Trinajstić information content (AvgIpc) is 3.25. The van der Waals surface area contributed by atoms with Gasteiger partial charge in [-0.1, -0.05) is 12.1 Å². The number of rotatable bonds is 5. The molecule has 0 radical (unpaired) electrons. The van der Waals surface area contributed by atoms with Crippen LogP contribution in [0.5, 0.6) is 0 Å². The fourth-order valence-electron chi connectivity index (χ4n) is 2.59. The van der Waals surface area contributed by atoms with Crippen molar-refractivity contribution >= 4 is 23.2 Å². The Morgan fingerprint density at radius 3 is 2.52 bits per heavy atom. The number of halogens is 1. The van der Waals surface area contributed by atoms with Crippen LogP contribution in [0.25, 0.3) is 10.4 Å². The zero-order chi connectivity index (χ0) is 19.4. The van der Waals surface area contributed by atoms with Crippen LogP contribution in [0, 0.1) is 19.7 Å². The molecule has 0 aliphatic rings. The lowest BCUT2D eigenvalue weighted by atomic mass is 10.2. The Labute approximate surface area is 160 Å². The highest BCUT2D eigenvalue weighted by atomic mass is 32.1. The monoisotopic (exact) mass is 386 g/mol. The summed E-state index contributed by atoms with van der Waals surface area (Å²) in [5, 5.41) is 4.29. The van der Waals surface area contributed by atoms with Crippen LogP contribution in [0.1, 0.15) is 27.5 Å². The predicted octanol–water partition coefficient (Wildman–Crippen LogP) is 3.22. The predicted molar refractivity (Wildman–Crippen MR) is 102 cm³/mol. The van der Waals surface area contributed by atoms with Crippen LogP contribution in [-0.2, 0) is 11.3 Å². The van der Waals surface area contributed by atoms with Crippen molar-refractivity contribution in [1.29, 1.82) is 0 Å². The number of amides is 2. The number of carbonyl (C=O) groups is 2. The molecule has 3 aromatic rings. The van der Waals surface area contributed by atoms with Gasteiger partial charge in [0.2, 0.25) is 5.91 Å². The summed E-state index contributed by atoms with van der Waals surface area (Å²) in [6, 6.07) is 11.5. The average molecular weight is 386 g/mol. The fourth-order valence-corrected chi connectivity index (χ4v) is 3.50. The molecule has 0 unspecified atom stereocenters. The van der Waals surface area contributed by atoms with E-state index in [0.29, 0.717) is 11.4 Å². The van der Waals surface area contributed by atoms with Crippen molar-refractivity contribution in [3.63, 3.8) is 0 Å². The molecular weight excluding hydrogens is 367 g/mol. The maximum Gasteiger partial charge on any atom is 0.279 e. The van der Waals surface area contributed by atoms with Gasteiger partial charge >= 0.3 is 0 Å². The first-order valence-electron chi connectivity index (χ1n) is 8.38. The molecule has 27 heavy (non-hydrogen) atoms. The molecule has 0 atom stereocenters. The number of hydrogen-bond acceptors (Lipinski definition) is 4. The topological polar surface area (TPSA) is 76.0 Å². The third-order valence-corrected chi connectivity index (χ3v) is 5.06. The van der Waals surface area contributed by atoms with Crippen molar-refractivity contribution < 1.29 is 14.0 Å². The third-order valence-electron chi connectivity index (χ3n) is 3.93. The van der Waals surface area contributed by atoms with E-state index in [2.05, 4.69) is 16.0 Å². The number of aryl methyl sites for hydroxylation is 3. The molecule has 0 spiro atoms. The highest BCUT2D eigenvalue weighted by Gasteiger charge is 2.12. The highest BCUT2D eigenvalue weighted by molar-refractivity contribution is 7.17. The third kappa shape index (κ3) is 4.79. The van der Waals surface area contributed by atoms with E-state index in [1.54, 1.807) is 28.9 Å². The Balaban J connectivity index is 1.51. The van der Waals surface area contributed by atoms with Crippen LogP contribution < -0.4 is 10.9 Å². The summed E-state index contributed by atoms with van der Waals surface area (Å²) >= 11 is 1.27. The zero-order valence-corrected chi connectivity index (χ0v) is 15.8. The number of hydrogen-bond donors (Lipinski definition) is 2. The van der Waals surface area contributed by atoms with Gasteiger partial charge in [0, 0.05) is 17.0 Å². The number of aromatic nitrogens is 2. The molecule has 8 heteroatoms. The normalized spacial score (nSPS) is 10.6. The highest BCUT2D eigenvalue weighted by Crippen LogP contribution is 2.28. The van der Waals surface area contributed by atoms with E-state index < -0.39 is 5.91 Å². The van der Waals surface area contributed by atoms with Gasteiger partial charge in [0.1, 0.15) is 5.82 Å². The minimum absolute atomic E-state index is 0.202. The summed E-state index contributed by atoms with van der Waals surface area (Å²) in [4.78, 5) is 25.4. The van der Waals surface area contributed by atoms with E-state index in [-0.39, 0.29) is 18.1 Å². The fraction of sp³-hybridized carbons (Fsp3) is 0.211. The summed E-state index contributed by atoms with van der Waals surface area (Å²) in [7, 11) is 0. The molecule has 0 bridgehead atoms. The summed E-state index contributed by atoms with van der Waals surface area (Å²) < 4.78 is 14.8. The van der Waals surface area contributed by atoms with Gasteiger partial charge in [-0.05, 0) is 49.7 Å². The van der Waals surface area contributed by atoms with Crippen molar-refractivity contribution in [3.05, 3.63) is 64.5 Å². The largest absolute Gasteiger partial charge is 0.279 e. The number of carbonyl (C=O) groups excluding carboxylic acids is 2. The first kappa shape index (κ1) is 18.8. The van der Waals surface area contributed by atoms with E-state index in [1.165, 1.54) is 23.5 Å². The second-order valence-electron chi connectivity index (χ2n) is 6.07. The summed E-state index contributed by atoms with van der Waals surface area (Å²) in [5.74, 6) is -1.00. The quantitative estimate of drug-likeness (QED) is 0.661. The van der Waals surface area contributed by atoms with Crippen LogP contribution in [0.2, 0.25) is 0 Å². The van der Waals surface area contributed by atoms with E-state index in [1.807, 2.05) is 19.9 Å². The number of thiophene rings is 1. The van der Waals surface area contributed by atoms with Gasteiger partial charge in [0.15, 0.2) is 0 Å². The summed E-state index contributed by atoms with van der Waals surface area (Å²) in [6.45, 7) is 4.26. The molecule has 2 amide bonds. The molecule has 0 aliphatic carbocycles. The van der Waals surface area contributed by atoms with Gasteiger partial charge in [0.05, 0.1) is 17.1 Å². The maximum atomic E-state index is 13.0. The van der Waals surface area contributed by atoms with E-state index >= 15 is 0 Å². The standard InChI is InChI=1S/C19H19FN4O2S/c1-12-11-13(2)24(23-12)10-9-18(25)21-22-19(26)17-8-7-16(27-17)14-3-5-15(20)6-4-14/h3-8,11H,9-10H2,1-2H3,(H,21,25)(H,22,26). The molecule has 1 aromatic carbocycles. The van der Waals surface area contributed by atoms with Gasteiger partial charge in [-0.2, -0.15) is 5.10 Å². The lowest BCUT2D eigenvalue weighted by Gasteiger charge is -2.07. The van der Waals surface area contributed by atoms with Crippen LogP contribution in [0.3, 0.4) is 0 Å². The van der Waals surface area contributed by atoms with Crippen molar-refractivity contribution in [1.82, 2.24) is 20.6 Å². The molecule has 3 rings (SSSR count). The second kappa shape index (κ2) is 8.13. The van der Waals surface area contributed by atoms with Crippen LogP contribution in [0.15, 0.2) is 42.5 Å². The number of nitrogens with zero attached hydrogens (tertiary/aromatic N) is 2. The molecular formula is C19H19FN4O2S. The molecule has 2 heterocycles. The van der Waals surface area contributed by atoms with Gasteiger partial charge in [-0.3, -0.25) is 25.1 Å². The van der Waals surface area contributed by atoms with Crippen LogP contribution in [0.4, 0.5) is 4.39 Å². The minimum Gasteiger partial charge on any atom is -0.273 e. The van der Waals surface area contributed by atoms with E-state index in [0.717, 1.165) is 21.8 Å². The smallest absolute Gasteiger partial charge is 0.273 e. The SMILES string of the molecule is Cc1cc(C)n(CCC(=O)NNC(=O)c2ccc(-c3ccc(F)cc3)s2)n1. The molecule has 2 aromatic heterocycles. The van der Waals surface area contributed by atoms with Gasteiger partial charge in [-0.15, -0.1) is 11.3 Å². The Hall–Kier alpha value is -3.00. The van der Waals surface area contributed by atoms with Crippen LogP contribution in [-0.4, -0.2) is 21.6 Å². The molecule has 0 saturated heterocycles. The Bertz CT molecular complexity index is 963. The maximum absolute atomic E-state index is 13.0. The Morgan fingerprint density at radius 2 is 1.85 bits per heavy atom. The molecule has 6 nitrogen and oxygen atoms in total. The van der Waals surface area contributed by atoms with Gasteiger partial charge in [0.25, 0.3) is 5.91 Å². The Kier molecular flexibility index (Phi) is 5.66. The van der Waals surface area contributed by atoms with Crippen molar-refractivity contribution in [2.75, 3.05) is 0 Å². The minimum atomic E-state index is -0.396. The van der Waals surface area contributed by atoms with Crippen molar-refractivity contribution in [2.45, 2.75) is 26.8 Å². The molecule has 0 aliphatic heterocycles. The van der Waals surface area contributed by atoms with E-state index in [4.69, 9.17) is 0 Å². The lowest BCUT2D eigenvalue weighted by Crippen LogP contribution is -2.41. The Morgan fingerprint density at radius 1 is 1.11 bits per heavy atom. The second-order valence-corrected chi connectivity index (χ2v) is 7.16. The first-order valence-corrected chi connectivity index (χ1v) is 9.20. The summed E-state index contributed by atoms with van der Waals surface area (Å²) in [6.07, 6.45) is 0.202. The molecule has 0 saturated carbocycles. The number of nitrogens with one attached hydrogen (secondary N) is 2.